The summed E-state index contributed by atoms with van der Waals surface area (Å²) in [5.41, 5.74) is 0.959. The predicted molar refractivity (Wildman–Crippen MR) is 62.1 cm³/mol. The molecule has 1 aromatic carbocycles. The molecular weight excluding hydrogens is 218 g/mol. The van der Waals surface area contributed by atoms with Crippen LogP contribution in [0.1, 0.15) is 12.0 Å². The molecule has 0 spiro atoms. The highest BCUT2D eigenvalue weighted by atomic mass is 16.4. The molecule has 1 saturated carbocycles. The Hall–Kier alpha value is -1.84. The first-order valence-electron chi connectivity index (χ1n) is 5.55. The average molecular weight is 232 g/mol. The summed E-state index contributed by atoms with van der Waals surface area (Å²) in [6.07, 6.45) is 0.937. The number of carbonyl (C=O) groups excluding carboxylic acids is 1. The van der Waals surface area contributed by atoms with E-state index in [1.165, 1.54) is 0 Å². The second-order valence-electron chi connectivity index (χ2n) is 4.19. The molecule has 1 aliphatic rings. The Bertz CT molecular complexity index is 416. The van der Waals surface area contributed by atoms with Gasteiger partial charge in [0.05, 0.1) is 12.3 Å². The number of aliphatic carboxylic acids is 1. The van der Waals surface area contributed by atoms with E-state index in [0.717, 1.165) is 11.5 Å². The standard InChI is InChI=1S/C13H14NO3/c15-12(6-9-4-2-1-3-5-9)14-8-10-7-11(10)13(16)17/h1-5,11H,6-8H2,(H,14,15)(H,16,17). The molecule has 4 heteroatoms. The number of hydrogen-bond donors (Lipinski definition) is 2. The van der Waals surface area contributed by atoms with Gasteiger partial charge in [0.2, 0.25) is 5.91 Å². The van der Waals surface area contributed by atoms with Crippen molar-refractivity contribution in [3.63, 3.8) is 0 Å². The Labute approximate surface area is 99.6 Å². The minimum atomic E-state index is -0.794. The molecule has 2 N–H and O–H groups in total. The van der Waals surface area contributed by atoms with E-state index in [9.17, 15) is 9.59 Å². The number of carboxylic acids is 1. The first kappa shape index (κ1) is 11.6. The molecule has 2 rings (SSSR count). The van der Waals surface area contributed by atoms with Crippen LogP contribution in [0.25, 0.3) is 0 Å². The Morgan fingerprint density at radius 3 is 2.59 bits per heavy atom. The van der Waals surface area contributed by atoms with Crippen molar-refractivity contribution in [1.82, 2.24) is 5.32 Å². The molecule has 0 saturated heterocycles. The van der Waals surface area contributed by atoms with Crippen molar-refractivity contribution in [2.75, 3.05) is 6.54 Å². The highest BCUT2D eigenvalue weighted by Crippen LogP contribution is 2.40. The van der Waals surface area contributed by atoms with Gasteiger partial charge in [0.1, 0.15) is 0 Å². The summed E-state index contributed by atoms with van der Waals surface area (Å²) in [7, 11) is 0. The van der Waals surface area contributed by atoms with Crippen LogP contribution >= 0.6 is 0 Å². The zero-order valence-electron chi connectivity index (χ0n) is 9.35. The van der Waals surface area contributed by atoms with Crippen LogP contribution in [-0.2, 0) is 16.0 Å². The van der Waals surface area contributed by atoms with E-state index in [1.807, 2.05) is 30.3 Å². The van der Waals surface area contributed by atoms with Gasteiger partial charge in [0.25, 0.3) is 0 Å². The van der Waals surface area contributed by atoms with Gasteiger partial charge in [-0.3, -0.25) is 9.59 Å². The summed E-state index contributed by atoms with van der Waals surface area (Å²) >= 11 is 0. The fourth-order valence-electron chi connectivity index (χ4n) is 1.72. The summed E-state index contributed by atoms with van der Waals surface area (Å²) in [5, 5.41) is 11.4. The fourth-order valence-corrected chi connectivity index (χ4v) is 1.72. The average Bonchev–Trinajstić information content (AvgIpc) is 3.07. The molecule has 17 heavy (non-hydrogen) atoms. The summed E-state index contributed by atoms with van der Waals surface area (Å²) in [4.78, 5) is 22.1. The van der Waals surface area contributed by atoms with Crippen LogP contribution in [-0.4, -0.2) is 23.5 Å². The van der Waals surface area contributed by atoms with Crippen LogP contribution in [0.2, 0.25) is 0 Å². The normalized spacial score (nSPS) is 18.7. The molecule has 4 nitrogen and oxygen atoms in total. The predicted octanol–water partition coefficient (Wildman–Crippen LogP) is 1.02. The first-order valence-corrected chi connectivity index (χ1v) is 5.55. The topological polar surface area (TPSA) is 66.4 Å². The lowest BCUT2D eigenvalue weighted by Gasteiger charge is -2.03. The van der Waals surface area contributed by atoms with Crippen LogP contribution in [0.15, 0.2) is 30.3 Å². The number of benzene rings is 1. The van der Waals surface area contributed by atoms with E-state index in [-0.39, 0.29) is 11.8 Å². The van der Waals surface area contributed by atoms with Crippen LogP contribution in [0.4, 0.5) is 0 Å². The molecule has 1 unspecified atom stereocenters. The highest BCUT2D eigenvalue weighted by Gasteiger charge is 2.43. The maximum absolute atomic E-state index is 11.5. The van der Waals surface area contributed by atoms with Crippen molar-refractivity contribution in [2.45, 2.75) is 12.8 Å². The summed E-state index contributed by atoms with van der Waals surface area (Å²) < 4.78 is 0. The monoisotopic (exact) mass is 232 g/mol. The maximum Gasteiger partial charge on any atom is 0.307 e. The van der Waals surface area contributed by atoms with E-state index in [2.05, 4.69) is 5.32 Å². The van der Waals surface area contributed by atoms with Gasteiger partial charge >= 0.3 is 5.97 Å². The summed E-state index contributed by atoms with van der Waals surface area (Å²) in [6.45, 7) is 0.392. The van der Waals surface area contributed by atoms with Gasteiger partial charge in [-0.1, -0.05) is 30.3 Å². The van der Waals surface area contributed by atoms with E-state index in [0.29, 0.717) is 19.4 Å². The van der Waals surface area contributed by atoms with Crippen LogP contribution in [0.5, 0.6) is 0 Å². The first-order chi connectivity index (χ1) is 8.16. The molecule has 1 atom stereocenters. The number of nitrogens with one attached hydrogen (secondary N) is 1. The smallest absolute Gasteiger partial charge is 0.307 e. The summed E-state index contributed by atoms with van der Waals surface area (Å²) in [6, 6.07) is 9.46. The maximum atomic E-state index is 11.5. The molecule has 1 aromatic rings. The minimum Gasteiger partial charge on any atom is -0.481 e. The van der Waals surface area contributed by atoms with Crippen LogP contribution in [0.3, 0.4) is 0 Å². The number of carboxylic acid groups (broad SMARTS) is 1. The third-order valence-electron chi connectivity index (χ3n) is 2.82. The van der Waals surface area contributed by atoms with Crippen molar-refractivity contribution >= 4 is 11.9 Å². The van der Waals surface area contributed by atoms with Crippen molar-refractivity contribution in [2.24, 2.45) is 5.92 Å². The van der Waals surface area contributed by atoms with Crippen molar-refractivity contribution in [1.29, 1.82) is 0 Å². The lowest BCUT2D eigenvalue weighted by Crippen LogP contribution is -2.27. The van der Waals surface area contributed by atoms with Gasteiger partial charge < -0.3 is 10.4 Å². The van der Waals surface area contributed by atoms with E-state index in [4.69, 9.17) is 5.11 Å². The fraction of sp³-hybridized carbons (Fsp3) is 0.308. The number of carbonyl (C=O) groups is 2. The van der Waals surface area contributed by atoms with Gasteiger partial charge in [-0.15, -0.1) is 0 Å². The molecule has 0 aromatic heterocycles. The van der Waals surface area contributed by atoms with E-state index >= 15 is 0 Å². The third-order valence-corrected chi connectivity index (χ3v) is 2.82. The molecule has 0 aliphatic heterocycles. The quantitative estimate of drug-likeness (QED) is 0.796. The van der Waals surface area contributed by atoms with E-state index in [1.54, 1.807) is 0 Å². The lowest BCUT2D eigenvalue weighted by molar-refractivity contribution is -0.138. The molecule has 0 bridgehead atoms. The Morgan fingerprint density at radius 1 is 1.29 bits per heavy atom. The largest absolute Gasteiger partial charge is 0.481 e. The molecule has 1 aliphatic carbocycles. The summed E-state index contributed by atoms with van der Waals surface area (Å²) in [5.74, 6) is -0.303. The van der Waals surface area contributed by atoms with Gasteiger partial charge in [-0.25, -0.2) is 0 Å². The molecule has 89 valence electrons. The SMILES string of the molecule is O=C(Cc1ccccc1)NC[C]1CC1C(=O)O. The molecule has 1 amide bonds. The number of rotatable bonds is 5. The minimum absolute atomic E-state index is 0.0697. The van der Waals surface area contributed by atoms with Crippen molar-refractivity contribution in [3.05, 3.63) is 41.8 Å². The molecule has 1 fully saturated rings. The Morgan fingerprint density at radius 2 is 2.00 bits per heavy atom. The van der Waals surface area contributed by atoms with Crippen molar-refractivity contribution in [3.8, 4) is 0 Å². The number of amides is 1. The highest BCUT2D eigenvalue weighted by molar-refractivity contribution is 5.80. The van der Waals surface area contributed by atoms with Gasteiger partial charge in [0, 0.05) is 12.5 Å². The second kappa shape index (κ2) is 4.99. The van der Waals surface area contributed by atoms with Crippen molar-refractivity contribution < 1.29 is 14.7 Å². The third kappa shape index (κ3) is 3.31. The molecular formula is C13H14NO3. The zero-order valence-corrected chi connectivity index (χ0v) is 9.35. The van der Waals surface area contributed by atoms with Gasteiger partial charge in [-0.05, 0) is 12.0 Å². The van der Waals surface area contributed by atoms with Crippen LogP contribution < -0.4 is 5.32 Å². The Kier molecular flexibility index (Phi) is 3.42. The lowest BCUT2D eigenvalue weighted by atomic mass is 10.1. The van der Waals surface area contributed by atoms with Crippen LogP contribution in [0, 0.1) is 11.8 Å². The van der Waals surface area contributed by atoms with Gasteiger partial charge in [-0.2, -0.15) is 0 Å². The zero-order chi connectivity index (χ0) is 12.3. The van der Waals surface area contributed by atoms with Gasteiger partial charge in [0.15, 0.2) is 0 Å². The van der Waals surface area contributed by atoms with E-state index < -0.39 is 5.97 Å². The molecule has 1 radical (unpaired) electrons. The number of hydrogen-bond acceptors (Lipinski definition) is 2. The Balaban J connectivity index is 1.71. The second-order valence-corrected chi connectivity index (χ2v) is 4.19. The molecule has 0 heterocycles.